The normalized spacial score (nSPS) is 14.6. The molecule has 0 saturated carbocycles. The van der Waals surface area contributed by atoms with E-state index in [0.29, 0.717) is 11.3 Å². The number of quaternary nitrogens is 1. The first-order valence-corrected chi connectivity index (χ1v) is 9.63. The molecular weight excluding hydrogens is 350 g/mol. The third kappa shape index (κ3) is 4.56. The second-order valence-corrected chi connectivity index (χ2v) is 7.02. The second-order valence-electron chi connectivity index (χ2n) is 7.02. The van der Waals surface area contributed by atoms with Gasteiger partial charge in [0.05, 0.1) is 26.2 Å². The molecule has 0 atom stereocenters. The number of amides is 1. The van der Waals surface area contributed by atoms with Crippen molar-refractivity contribution in [1.29, 1.82) is 0 Å². The first-order valence-electron chi connectivity index (χ1n) is 9.63. The maximum Gasteiger partial charge on any atom is 0.254 e. The third-order valence-electron chi connectivity index (χ3n) is 5.02. The average molecular weight is 374 g/mol. The second kappa shape index (κ2) is 8.67. The fourth-order valence-electron chi connectivity index (χ4n) is 3.49. The van der Waals surface area contributed by atoms with E-state index in [0.717, 1.165) is 38.5 Å². The third-order valence-corrected chi connectivity index (χ3v) is 5.02. The van der Waals surface area contributed by atoms with Crippen LogP contribution < -0.4 is 9.64 Å². The lowest BCUT2D eigenvalue weighted by Gasteiger charge is -2.32. The molecule has 1 aromatic heterocycles. The zero-order valence-corrected chi connectivity index (χ0v) is 15.8. The maximum atomic E-state index is 12.9. The van der Waals surface area contributed by atoms with E-state index in [1.165, 1.54) is 10.5 Å². The molecule has 0 bridgehead atoms. The molecule has 28 heavy (non-hydrogen) atoms. The highest BCUT2D eigenvalue weighted by Crippen LogP contribution is 2.22. The molecule has 0 aliphatic carbocycles. The highest BCUT2D eigenvalue weighted by atomic mass is 16.5. The predicted octanol–water partition coefficient (Wildman–Crippen LogP) is 2.41. The molecule has 1 N–H and O–H groups in total. The van der Waals surface area contributed by atoms with Gasteiger partial charge in [0.25, 0.3) is 5.91 Å². The van der Waals surface area contributed by atoms with E-state index in [2.05, 4.69) is 17.1 Å². The molecule has 142 valence electrons. The van der Waals surface area contributed by atoms with Crippen molar-refractivity contribution in [3.05, 3.63) is 90.3 Å². The van der Waals surface area contributed by atoms with E-state index in [1.54, 1.807) is 0 Å². The summed E-state index contributed by atoms with van der Waals surface area (Å²) in [5, 5.41) is 0. The summed E-state index contributed by atoms with van der Waals surface area (Å²) < 4.78 is 5.86. The van der Waals surface area contributed by atoms with E-state index in [4.69, 9.17) is 4.74 Å². The standard InChI is InChI=1S/C23H23N3O2/c27-23(20-5-4-8-22(17-20)28-21-6-2-1-3-7-21)26-15-13-25(14-16-26)18-19-9-11-24-12-10-19/h1-12,17H,13-16,18H2/p+1. The fraction of sp³-hybridized carbons (Fsp3) is 0.217. The van der Waals surface area contributed by atoms with Gasteiger partial charge in [-0.25, -0.2) is 0 Å². The summed E-state index contributed by atoms with van der Waals surface area (Å²) in [6.07, 6.45) is 3.66. The minimum Gasteiger partial charge on any atom is -0.457 e. The van der Waals surface area contributed by atoms with Gasteiger partial charge in [-0.3, -0.25) is 9.78 Å². The number of hydrogen-bond acceptors (Lipinski definition) is 3. The van der Waals surface area contributed by atoms with Gasteiger partial charge < -0.3 is 14.5 Å². The maximum absolute atomic E-state index is 12.9. The Kier molecular flexibility index (Phi) is 5.64. The van der Waals surface area contributed by atoms with Gasteiger partial charge in [0.15, 0.2) is 0 Å². The predicted molar refractivity (Wildman–Crippen MR) is 107 cm³/mol. The number of benzene rings is 2. The van der Waals surface area contributed by atoms with Gasteiger partial charge >= 0.3 is 0 Å². The summed E-state index contributed by atoms with van der Waals surface area (Å²) in [6, 6.07) is 21.2. The Bertz CT molecular complexity index is 907. The molecule has 0 spiro atoms. The van der Waals surface area contributed by atoms with Crippen LogP contribution in [0.15, 0.2) is 79.1 Å². The zero-order valence-electron chi connectivity index (χ0n) is 15.8. The van der Waals surface area contributed by atoms with Gasteiger partial charge in [-0.2, -0.15) is 0 Å². The van der Waals surface area contributed by atoms with Crippen molar-refractivity contribution in [2.24, 2.45) is 0 Å². The quantitative estimate of drug-likeness (QED) is 0.746. The molecule has 0 radical (unpaired) electrons. The lowest BCUT2D eigenvalue weighted by molar-refractivity contribution is -0.917. The number of nitrogens with zero attached hydrogens (tertiary/aromatic N) is 2. The topological polar surface area (TPSA) is 46.9 Å². The van der Waals surface area contributed by atoms with Crippen molar-refractivity contribution in [2.45, 2.75) is 6.54 Å². The zero-order chi connectivity index (χ0) is 19.2. The Morgan fingerprint density at radius 1 is 0.929 bits per heavy atom. The van der Waals surface area contributed by atoms with Gasteiger partial charge in [0, 0.05) is 23.5 Å². The van der Waals surface area contributed by atoms with Crippen LogP contribution in [0.3, 0.4) is 0 Å². The molecule has 4 rings (SSSR count). The van der Waals surface area contributed by atoms with Crippen molar-refractivity contribution in [2.75, 3.05) is 26.2 Å². The van der Waals surface area contributed by atoms with Crippen molar-refractivity contribution in [3.8, 4) is 11.5 Å². The highest BCUT2D eigenvalue weighted by molar-refractivity contribution is 5.94. The van der Waals surface area contributed by atoms with Crippen molar-refractivity contribution < 1.29 is 14.4 Å². The Labute approximate surface area is 165 Å². The fourth-order valence-corrected chi connectivity index (χ4v) is 3.49. The van der Waals surface area contributed by atoms with Crippen LogP contribution in [0.25, 0.3) is 0 Å². The molecule has 2 heterocycles. The minimum atomic E-state index is 0.0708. The molecular formula is C23H24N3O2+. The molecule has 3 aromatic rings. The summed E-state index contributed by atoms with van der Waals surface area (Å²) in [4.78, 5) is 20.4. The van der Waals surface area contributed by atoms with E-state index >= 15 is 0 Å². The molecule has 1 saturated heterocycles. The van der Waals surface area contributed by atoms with Crippen LogP contribution in [-0.4, -0.2) is 42.0 Å². The number of hydrogen-bond donors (Lipinski definition) is 1. The van der Waals surface area contributed by atoms with Crippen LogP contribution in [0, 0.1) is 0 Å². The number of aromatic nitrogens is 1. The van der Waals surface area contributed by atoms with Crippen LogP contribution in [0.5, 0.6) is 11.5 Å². The Hall–Kier alpha value is -3.18. The van der Waals surface area contributed by atoms with E-state index in [1.807, 2.05) is 71.9 Å². The minimum absolute atomic E-state index is 0.0708. The van der Waals surface area contributed by atoms with Crippen molar-refractivity contribution in [1.82, 2.24) is 9.88 Å². The summed E-state index contributed by atoms with van der Waals surface area (Å²) in [7, 11) is 0. The number of piperazine rings is 1. The van der Waals surface area contributed by atoms with Gasteiger partial charge in [-0.05, 0) is 42.5 Å². The average Bonchev–Trinajstić information content (AvgIpc) is 2.75. The first kappa shape index (κ1) is 18.2. The van der Waals surface area contributed by atoms with Crippen LogP contribution in [0.4, 0.5) is 0 Å². The van der Waals surface area contributed by atoms with Crippen LogP contribution in [0.1, 0.15) is 15.9 Å². The molecule has 1 amide bonds. The van der Waals surface area contributed by atoms with E-state index in [-0.39, 0.29) is 5.91 Å². The number of pyridine rings is 1. The molecule has 1 aliphatic heterocycles. The number of carbonyl (C=O) groups excluding carboxylic acids is 1. The summed E-state index contributed by atoms with van der Waals surface area (Å²) in [6.45, 7) is 4.42. The van der Waals surface area contributed by atoms with Crippen LogP contribution >= 0.6 is 0 Å². The van der Waals surface area contributed by atoms with Gasteiger partial charge in [-0.1, -0.05) is 24.3 Å². The van der Waals surface area contributed by atoms with Gasteiger partial charge in [0.2, 0.25) is 0 Å². The Morgan fingerprint density at radius 2 is 1.64 bits per heavy atom. The lowest BCUT2D eigenvalue weighted by Crippen LogP contribution is -3.13. The number of rotatable bonds is 5. The Morgan fingerprint density at radius 3 is 2.39 bits per heavy atom. The monoisotopic (exact) mass is 374 g/mol. The highest BCUT2D eigenvalue weighted by Gasteiger charge is 2.24. The molecule has 0 unspecified atom stereocenters. The van der Waals surface area contributed by atoms with Crippen LogP contribution in [-0.2, 0) is 6.54 Å². The van der Waals surface area contributed by atoms with E-state index < -0.39 is 0 Å². The largest absolute Gasteiger partial charge is 0.457 e. The first-order chi connectivity index (χ1) is 13.8. The summed E-state index contributed by atoms with van der Waals surface area (Å²) in [5.74, 6) is 1.51. The molecule has 5 heteroatoms. The van der Waals surface area contributed by atoms with E-state index in [9.17, 15) is 4.79 Å². The summed E-state index contributed by atoms with van der Waals surface area (Å²) in [5.41, 5.74) is 1.96. The summed E-state index contributed by atoms with van der Waals surface area (Å²) >= 11 is 0. The SMILES string of the molecule is O=C(c1cccc(Oc2ccccc2)c1)N1CC[NH+](Cc2ccncc2)CC1. The Balaban J connectivity index is 1.35. The smallest absolute Gasteiger partial charge is 0.254 e. The van der Waals surface area contributed by atoms with Gasteiger partial charge in [-0.15, -0.1) is 0 Å². The van der Waals surface area contributed by atoms with Crippen molar-refractivity contribution in [3.63, 3.8) is 0 Å². The molecule has 5 nitrogen and oxygen atoms in total. The van der Waals surface area contributed by atoms with Crippen molar-refractivity contribution >= 4 is 5.91 Å². The number of para-hydroxylation sites is 1. The number of nitrogens with one attached hydrogen (secondary N) is 1. The number of ether oxygens (including phenoxy) is 1. The number of carbonyl (C=O) groups is 1. The lowest BCUT2D eigenvalue weighted by atomic mass is 10.1. The van der Waals surface area contributed by atoms with Crippen LogP contribution in [0.2, 0.25) is 0 Å². The van der Waals surface area contributed by atoms with Gasteiger partial charge in [0.1, 0.15) is 18.0 Å². The molecule has 1 fully saturated rings. The molecule has 2 aromatic carbocycles. The molecule has 1 aliphatic rings.